The Labute approximate surface area is 142 Å². The molecule has 4 heterocycles. The number of carbonyl (C=O) groups excluding carboxylic acids is 1. The number of pyridine rings is 1. The zero-order valence-electron chi connectivity index (χ0n) is 14.5. The fourth-order valence-electron chi connectivity index (χ4n) is 4.42. The van der Waals surface area contributed by atoms with Gasteiger partial charge in [0.2, 0.25) is 0 Å². The summed E-state index contributed by atoms with van der Waals surface area (Å²) >= 11 is 0. The molecule has 6 nitrogen and oxygen atoms in total. The minimum Gasteiger partial charge on any atom is -0.334 e. The lowest BCUT2D eigenvalue weighted by molar-refractivity contribution is 0.0649. The number of aryl methyl sites for hydroxylation is 1. The van der Waals surface area contributed by atoms with Gasteiger partial charge in [-0.25, -0.2) is 0 Å². The Morgan fingerprint density at radius 1 is 1.17 bits per heavy atom. The van der Waals surface area contributed by atoms with Crippen molar-refractivity contribution >= 4 is 11.6 Å². The van der Waals surface area contributed by atoms with Gasteiger partial charge in [-0.3, -0.25) is 14.1 Å². The van der Waals surface area contributed by atoms with Crippen LogP contribution in [0.4, 0.5) is 0 Å². The smallest absolute Gasteiger partial charge is 0.255 e. The first kappa shape index (κ1) is 15.6. The molecule has 0 saturated carbocycles. The van der Waals surface area contributed by atoms with E-state index in [1.165, 1.54) is 19.4 Å². The van der Waals surface area contributed by atoms with Crippen molar-refractivity contribution in [3.8, 4) is 0 Å². The Bertz CT molecular complexity index is 755. The van der Waals surface area contributed by atoms with Gasteiger partial charge in [0.15, 0.2) is 5.65 Å². The molecule has 1 amide bonds. The van der Waals surface area contributed by atoms with Gasteiger partial charge in [0, 0.05) is 24.8 Å². The van der Waals surface area contributed by atoms with Gasteiger partial charge < -0.3 is 4.90 Å². The molecular weight excluding hydrogens is 302 g/mol. The molecule has 128 valence electrons. The summed E-state index contributed by atoms with van der Waals surface area (Å²) in [5.41, 5.74) is 1.52. The average molecular weight is 327 g/mol. The summed E-state index contributed by atoms with van der Waals surface area (Å²) in [6, 6.07) is 4.65. The van der Waals surface area contributed by atoms with E-state index in [1.54, 1.807) is 0 Å². The number of hydrogen-bond acceptors (Lipinski definition) is 4. The van der Waals surface area contributed by atoms with Crippen molar-refractivity contribution in [1.82, 2.24) is 24.4 Å². The van der Waals surface area contributed by atoms with Gasteiger partial charge in [-0.2, -0.15) is 0 Å². The van der Waals surface area contributed by atoms with Crippen molar-refractivity contribution in [3.05, 3.63) is 29.7 Å². The summed E-state index contributed by atoms with van der Waals surface area (Å²) in [7, 11) is 0. The first-order chi connectivity index (χ1) is 11.7. The molecule has 2 aromatic heterocycles. The Balaban J connectivity index is 1.61. The second-order valence-corrected chi connectivity index (χ2v) is 6.94. The van der Waals surface area contributed by atoms with Crippen molar-refractivity contribution in [2.75, 3.05) is 19.6 Å². The second-order valence-electron chi connectivity index (χ2n) is 6.94. The van der Waals surface area contributed by atoms with Gasteiger partial charge in [-0.05, 0) is 57.8 Å². The normalized spacial score (nSPS) is 25.0. The third kappa shape index (κ3) is 2.49. The molecule has 24 heavy (non-hydrogen) atoms. The summed E-state index contributed by atoms with van der Waals surface area (Å²) in [4.78, 5) is 17.8. The van der Waals surface area contributed by atoms with Crippen LogP contribution in [0.3, 0.4) is 0 Å². The van der Waals surface area contributed by atoms with Crippen LogP contribution in [0.1, 0.15) is 48.8 Å². The van der Waals surface area contributed by atoms with E-state index in [4.69, 9.17) is 0 Å². The lowest BCUT2D eigenvalue weighted by atomic mass is 10.0. The summed E-state index contributed by atoms with van der Waals surface area (Å²) in [5.74, 6) is 0.959. The second kappa shape index (κ2) is 6.16. The van der Waals surface area contributed by atoms with Crippen molar-refractivity contribution in [2.24, 2.45) is 0 Å². The van der Waals surface area contributed by atoms with Crippen LogP contribution in [0.5, 0.6) is 0 Å². The van der Waals surface area contributed by atoms with E-state index in [0.29, 0.717) is 12.1 Å². The van der Waals surface area contributed by atoms with Crippen LogP contribution in [0.2, 0.25) is 0 Å². The first-order valence-corrected chi connectivity index (χ1v) is 9.05. The van der Waals surface area contributed by atoms with E-state index in [-0.39, 0.29) is 5.91 Å². The number of likely N-dealkylation sites (N-methyl/N-ethyl adjacent to an activating group) is 1. The Morgan fingerprint density at radius 2 is 1.96 bits per heavy atom. The van der Waals surface area contributed by atoms with E-state index in [9.17, 15) is 4.79 Å². The molecule has 0 aromatic carbocycles. The maximum atomic E-state index is 13.1. The number of likely N-dealkylation sites (tertiary alicyclic amines) is 2. The number of amides is 1. The summed E-state index contributed by atoms with van der Waals surface area (Å²) < 4.78 is 1.90. The van der Waals surface area contributed by atoms with Crippen LogP contribution in [0, 0.1) is 6.92 Å². The lowest BCUT2D eigenvalue weighted by Crippen LogP contribution is -2.48. The lowest BCUT2D eigenvalue weighted by Gasteiger charge is -2.34. The summed E-state index contributed by atoms with van der Waals surface area (Å²) in [6.45, 7) is 7.25. The zero-order valence-corrected chi connectivity index (χ0v) is 14.5. The molecule has 2 saturated heterocycles. The molecule has 0 unspecified atom stereocenters. The zero-order chi connectivity index (χ0) is 16.7. The molecule has 4 rings (SSSR count). The van der Waals surface area contributed by atoms with Crippen LogP contribution >= 0.6 is 0 Å². The molecule has 6 heteroatoms. The fourth-order valence-corrected chi connectivity index (χ4v) is 4.42. The SMILES string of the molecule is CCN1CCC[C@H]1[C@@H]1CCCN1C(=O)c1ccc2nnc(C)n2c1. The highest BCUT2D eigenvalue weighted by atomic mass is 16.2. The van der Waals surface area contributed by atoms with E-state index < -0.39 is 0 Å². The summed E-state index contributed by atoms with van der Waals surface area (Å²) in [5, 5.41) is 8.17. The molecule has 0 N–H and O–H groups in total. The number of nitrogens with zero attached hydrogens (tertiary/aromatic N) is 5. The molecular formula is C18H25N5O. The van der Waals surface area contributed by atoms with Crippen LogP contribution in [-0.4, -0.2) is 62.0 Å². The topological polar surface area (TPSA) is 53.7 Å². The molecule has 2 atom stereocenters. The average Bonchev–Trinajstić information content (AvgIpc) is 3.33. The van der Waals surface area contributed by atoms with Crippen molar-refractivity contribution in [1.29, 1.82) is 0 Å². The number of fused-ring (bicyclic) bond motifs is 1. The van der Waals surface area contributed by atoms with E-state index >= 15 is 0 Å². The molecule has 0 aliphatic carbocycles. The quantitative estimate of drug-likeness (QED) is 0.866. The molecule has 0 radical (unpaired) electrons. The third-order valence-electron chi connectivity index (χ3n) is 5.64. The van der Waals surface area contributed by atoms with Gasteiger partial charge in [0.25, 0.3) is 5.91 Å². The third-order valence-corrected chi connectivity index (χ3v) is 5.64. The number of rotatable bonds is 3. The van der Waals surface area contributed by atoms with Crippen LogP contribution in [-0.2, 0) is 0 Å². The molecule has 2 aliphatic heterocycles. The van der Waals surface area contributed by atoms with Crippen molar-refractivity contribution in [2.45, 2.75) is 51.6 Å². The number of hydrogen-bond donors (Lipinski definition) is 0. The predicted octanol–water partition coefficient (Wildman–Crippen LogP) is 2.13. The highest BCUT2D eigenvalue weighted by Crippen LogP contribution is 2.30. The first-order valence-electron chi connectivity index (χ1n) is 9.05. The van der Waals surface area contributed by atoms with Crippen molar-refractivity contribution in [3.63, 3.8) is 0 Å². The van der Waals surface area contributed by atoms with E-state index in [0.717, 1.165) is 43.0 Å². The highest BCUT2D eigenvalue weighted by molar-refractivity contribution is 5.94. The molecule has 2 fully saturated rings. The minimum absolute atomic E-state index is 0.149. The molecule has 0 spiro atoms. The standard InChI is InChI=1S/C18H25N5O/c1-3-21-10-4-6-15(21)16-7-5-11-22(16)18(24)14-8-9-17-20-19-13(2)23(17)12-14/h8-9,12,15-16H,3-7,10-11H2,1-2H3/t15-,16-/m0/s1. The largest absolute Gasteiger partial charge is 0.334 e. The molecule has 2 aliphatic rings. The van der Waals surface area contributed by atoms with Crippen LogP contribution in [0.15, 0.2) is 18.3 Å². The van der Waals surface area contributed by atoms with Gasteiger partial charge >= 0.3 is 0 Å². The number of aromatic nitrogens is 3. The molecule has 0 bridgehead atoms. The fraction of sp³-hybridized carbons (Fsp3) is 0.611. The van der Waals surface area contributed by atoms with Gasteiger partial charge in [0.05, 0.1) is 5.56 Å². The predicted molar refractivity (Wildman–Crippen MR) is 92.1 cm³/mol. The van der Waals surface area contributed by atoms with E-state index in [2.05, 4.69) is 26.9 Å². The maximum Gasteiger partial charge on any atom is 0.255 e. The monoisotopic (exact) mass is 327 g/mol. The molecule has 2 aromatic rings. The van der Waals surface area contributed by atoms with Gasteiger partial charge in [-0.15, -0.1) is 10.2 Å². The Kier molecular flexibility index (Phi) is 4.00. The Morgan fingerprint density at radius 3 is 2.79 bits per heavy atom. The maximum absolute atomic E-state index is 13.1. The summed E-state index contributed by atoms with van der Waals surface area (Å²) in [6.07, 6.45) is 6.59. The minimum atomic E-state index is 0.149. The Hall–Kier alpha value is -1.95. The van der Waals surface area contributed by atoms with Crippen LogP contribution < -0.4 is 0 Å². The number of carbonyl (C=O) groups is 1. The van der Waals surface area contributed by atoms with E-state index in [1.807, 2.05) is 29.7 Å². The van der Waals surface area contributed by atoms with Crippen molar-refractivity contribution < 1.29 is 4.79 Å². The van der Waals surface area contributed by atoms with Gasteiger partial charge in [0.1, 0.15) is 5.82 Å². The highest BCUT2D eigenvalue weighted by Gasteiger charge is 2.39. The van der Waals surface area contributed by atoms with Crippen LogP contribution in [0.25, 0.3) is 5.65 Å². The van der Waals surface area contributed by atoms with Gasteiger partial charge in [-0.1, -0.05) is 6.92 Å².